The van der Waals surface area contributed by atoms with Crippen molar-refractivity contribution in [1.82, 2.24) is 8.87 Å². The monoisotopic (exact) mass is 332 g/mol. The van der Waals surface area contributed by atoms with Crippen molar-refractivity contribution in [3.63, 3.8) is 0 Å². The average molecular weight is 332 g/mol. The Bertz CT molecular complexity index is 982. The largest absolute Gasteiger partial charge is 0.378 e. The number of sulfonamides is 1. The fourth-order valence-corrected chi connectivity index (χ4v) is 3.66. The van der Waals surface area contributed by atoms with Gasteiger partial charge in [-0.3, -0.25) is 4.79 Å². The van der Waals surface area contributed by atoms with Crippen LogP contribution in [-0.2, 0) is 17.1 Å². The lowest BCUT2D eigenvalue weighted by Crippen LogP contribution is -2.56. The van der Waals surface area contributed by atoms with Gasteiger partial charge in [0.2, 0.25) is 10.0 Å². The zero-order chi connectivity index (χ0) is 16.8. The molecule has 0 spiro atoms. The molecule has 0 atom stereocenters. The zero-order valence-electron chi connectivity index (χ0n) is 12.8. The van der Waals surface area contributed by atoms with Gasteiger partial charge in [0.05, 0.1) is 23.5 Å². The number of benzene rings is 1. The molecule has 1 N–H and O–H groups in total. The molecule has 23 heavy (non-hydrogen) atoms. The van der Waals surface area contributed by atoms with E-state index in [1.807, 2.05) is 30.3 Å². The van der Waals surface area contributed by atoms with Gasteiger partial charge >= 0.3 is 0 Å². The van der Waals surface area contributed by atoms with Gasteiger partial charge in [0, 0.05) is 25.5 Å². The molecule has 0 bridgehead atoms. The molecule has 1 aliphatic heterocycles. The Balaban J connectivity index is 2.03. The van der Waals surface area contributed by atoms with E-state index in [0.29, 0.717) is 18.8 Å². The number of aryl methyl sites for hydroxylation is 1. The number of hydrogen-bond donors (Lipinski definition) is 1. The third-order valence-electron chi connectivity index (χ3n) is 4.08. The van der Waals surface area contributed by atoms with E-state index in [1.165, 1.54) is 8.87 Å². The fourth-order valence-electron chi connectivity index (χ4n) is 2.75. The van der Waals surface area contributed by atoms with Crippen LogP contribution in [0, 0.1) is 11.3 Å². The van der Waals surface area contributed by atoms with Crippen LogP contribution in [0.2, 0.25) is 0 Å². The molecule has 1 aromatic carbocycles. The van der Waals surface area contributed by atoms with Gasteiger partial charge in [-0.2, -0.15) is 9.57 Å². The third-order valence-corrected chi connectivity index (χ3v) is 5.32. The van der Waals surface area contributed by atoms with Crippen molar-refractivity contribution < 1.29 is 8.42 Å². The van der Waals surface area contributed by atoms with Crippen molar-refractivity contribution in [2.75, 3.05) is 24.7 Å². The molecule has 2 heterocycles. The van der Waals surface area contributed by atoms with Crippen molar-refractivity contribution in [3.05, 3.63) is 40.2 Å². The number of aromatic nitrogens is 1. The molecule has 1 saturated heterocycles. The van der Waals surface area contributed by atoms with Crippen LogP contribution < -0.4 is 10.9 Å². The molecular weight excluding hydrogens is 316 g/mol. The van der Waals surface area contributed by atoms with Crippen LogP contribution in [0.15, 0.2) is 29.1 Å². The summed E-state index contributed by atoms with van der Waals surface area (Å²) in [5, 5.41) is 13.3. The van der Waals surface area contributed by atoms with Gasteiger partial charge in [0.15, 0.2) is 0 Å². The molecule has 0 radical (unpaired) electrons. The number of nitrogens with one attached hydrogen (secondary N) is 1. The lowest BCUT2D eigenvalue weighted by atomic mass is 10.1. The first-order valence-corrected chi connectivity index (χ1v) is 8.91. The standard InChI is InChI=1S/C15H16N4O3S/c1-18-13-6-4-3-5-11(13)14(12(7-16)15(18)20)17-10-8-19(9-10)23(2,21)22/h3-6,10,17H,8-9H2,1-2H3. The minimum absolute atomic E-state index is 0.0454. The van der Waals surface area contributed by atoms with Crippen molar-refractivity contribution in [2.24, 2.45) is 7.05 Å². The van der Waals surface area contributed by atoms with Crippen molar-refractivity contribution in [3.8, 4) is 6.07 Å². The minimum Gasteiger partial charge on any atom is -0.378 e. The van der Waals surface area contributed by atoms with E-state index in [2.05, 4.69) is 5.32 Å². The van der Waals surface area contributed by atoms with Gasteiger partial charge in [-0.25, -0.2) is 8.42 Å². The predicted octanol–water partition coefficient (Wildman–Crippen LogP) is 0.466. The van der Waals surface area contributed by atoms with Crippen LogP contribution in [-0.4, -0.2) is 42.7 Å². The number of anilines is 1. The first-order valence-electron chi connectivity index (χ1n) is 7.06. The van der Waals surface area contributed by atoms with E-state index in [1.54, 1.807) is 7.05 Å². The van der Waals surface area contributed by atoms with Crippen LogP contribution in [0.3, 0.4) is 0 Å². The minimum atomic E-state index is -3.20. The second-order valence-electron chi connectivity index (χ2n) is 5.66. The number of para-hydroxylation sites is 1. The van der Waals surface area contributed by atoms with Crippen molar-refractivity contribution in [1.29, 1.82) is 5.26 Å². The lowest BCUT2D eigenvalue weighted by molar-refractivity contribution is 0.283. The summed E-state index contributed by atoms with van der Waals surface area (Å²) in [6.45, 7) is 0.653. The molecule has 0 amide bonds. The molecule has 3 rings (SSSR count). The summed E-state index contributed by atoms with van der Waals surface area (Å²) >= 11 is 0. The summed E-state index contributed by atoms with van der Waals surface area (Å²) in [5.41, 5.74) is 0.875. The summed E-state index contributed by atoms with van der Waals surface area (Å²) in [6, 6.07) is 9.16. The van der Waals surface area contributed by atoms with Crippen molar-refractivity contribution in [2.45, 2.75) is 6.04 Å². The van der Waals surface area contributed by atoms with Gasteiger partial charge in [0.25, 0.3) is 5.56 Å². The summed E-state index contributed by atoms with van der Waals surface area (Å²) < 4.78 is 25.7. The maximum absolute atomic E-state index is 12.3. The van der Waals surface area contributed by atoms with Crippen LogP contribution in [0.5, 0.6) is 0 Å². The fraction of sp³-hybridized carbons (Fsp3) is 0.333. The third kappa shape index (κ3) is 2.58. The van der Waals surface area contributed by atoms with E-state index in [-0.39, 0.29) is 17.2 Å². The van der Waals surface area contributed by atoms with E-state index >= 15 is 0 Å². The number of rotatable bonds is 3. The maximum Gasteiger partial charge on any atom is 0.270 e. The maximum atomic E-state index is 12.3. The highest BCUT2D eigenvalue weighted by atomic mass is 32.2. The van der Waals surface area contributed by atoms with Gasteiger partial charge < -0.3 is 9.88 Å². The Morgan fingerprint density at radius 1 is 1.30 bits per heavy atom. The van der Waals surface area contributed by atoms with Crippen LogP contribution in [0.25, 0.3) is 10.9 Å². The van der Waals surface area contributed by atoms with Gasteiger partial charge in [-0.15, -0.1) is 0 Å². The highest BCUT2D eigenvalue weighted by Gasteiger charge is 2.34. The smallest absolute Gasteiger partial charge is 0.270 e. The molecule has 120 valence electrons. The molecule has 8 heteroatoms. The Kier molecular flexibility index (Phi) is 3.62. The summed E-state index contributed by atoms with van der Waals surface area (Å²) in [6.07, 6.45) is 1.16. The lowest BCUT2D eigenvalue weighted by Gasteiger charge is -2.38. The first-order chi connectivity index (χ1) is 10.8. The van der Waals surface area contributed by atoms with E-state index in [9.17, 15) is 18.5 Å². The van der Waals surface area contributed by atoms with Gasteiger partial charge in [-0.1, -0.05) is 18.2 Å². The van der Waals surface area contributed by atoms with E-state index in [4.69, 9.17) is 0 Å². The molecule has 0 unspecified atom stereocenters. The zero-order valence-corrected chi connectivity index (χ0v) is 13.6. The predicted molar refractivity (Wildman–Crippen MR) is 87.7 cm³/mol. The number of pyridine rings is 1. The molecule has 1 aromatic heterocycles. The van der Waals surface area contributed by atoms with Crippen LogP contribution in [0.4, 0.5) is 5.69 Å². The average Bonchev–Trinajstić information content (AvgIpc) is 2.46. The van der Waals surface area contributed by atoms with Gasteiger partial charge in [-0.05, 0) is 6.07 Å². The Labute approximate surface area is 133 Å². The Morgan fingerprint density at radius 2 is 1.96 bits per heavy atom. The topological polar surface area (TPSA) is 95.2 Å². The second-order valence-corrected chi connectivity index (χ2v) is 7.65. The summed E-state index contributed by atoms with van der Waals surface area (Å²) in [4.78, 5) is 12.3. The van der Waals surface area contributed by atoms with Crippen molar-refractivity contribution >= 4 is 26.6 Å². The Hall–Kier alpha value is -2.37. The van der Waals surface area contributed by atoms with Crippen LogP contribution >= 0.6 is 0 Å². The highest BCUT2D eigenvalue weighted by Crippen LogP contribution is 2.27. The van der Waals surface area contributed by atoms with E-state index < -0.39 is 10.0 Å². The number of hydrogen-bond acceptors (Lipinski definition) is 5. The SMILES string of the molecule is Cn1c(=O)c(C#N)c(NC2CN(S(C)(=O)=O)C2)c2ccccc21. The quantitative estimate of drug-likeness (QED) is 0.881. The molecule has 7 nitrogen and oxygen atoms in total. The molecule has 1 aliphatic rings. The summed E-state index contributed by atoms with van der Waals surface area (Å²) in [5.74, 6) is 0. The Morgan fingerprint density at radius 3 is 2.57 bits per heavy atom. The molecule has 2 aromatic rings. The van der Waals surface area contributed by atoms with E-state index in [0.717, 1.165) is 17.2 Å². The molecule has 0 saturated carbocycles. The van der Waals surface area contributed by atoms with Crippen LogP contribution in [0.1, 0.15) is 5.56 Å². The van der Waals surface area contributed by atoms with Gasteiger partial charge in [0.1, 0.15) is 11.6 Å². The molecule has 0 aliphatic carbocycles. The number of fused-ring (bicyclic) bond motifs is 1. The molecule has 1 fully saturated rings. The highest BCUT2D eigenvalue weighted by molar-refractivity contribution is 7.88. The normalized spacial score (nSPS) is 16.0. The number of nitrogens with zero attached hydrogens (tertiary/aromatic N) is 3. The molecular formula is C15H16N4O3S. The second kappa shape index (κ2) is 5.37. The number of nitriles is 1. The first kappa shape index (κ1) is 15.5. The summed E-state index contributed by atoms with van der Waals surface area (Å²) in [7, 11) is -1.57.